The maximum atomic E-state index is 6.31. The van der Waals surface area contributed by atoms with E-state index in [9.17, 15) is 0 Å². The number of methoxy groups -OCH3 is 1. The van der Waals surface area contributed by atoms with Gasteiger partial charge in [0.15, 0.2) is 5.75 Å². The quantitative estimate of drug-likeness (QED) is 0.631. The number of hydrogen-bond acceptors (Lipinski definition) is 3. The van der Waals surface area contributed by atoms with Gasteiger partial charge in [0.2, 0.25) is 0 Å². The lowest BCUT2D eigenvalue weighted by molar-refractivity contribution is -0.128. The molecule has 3 heteroatoms. The van der Waals surface area contributed by atoms with Crippen LogP contribution in [0.1, 0.15) is 37.9 Å². The lowest BCUT2D eigenvalue weighted by Gasteiger charge is -2.35. The first kappa shape index (κ1) is 16.0. The molecule has 3 aromatic rings. The number of fused-ring (bicyclic) bond motifs is 3. The molecule has 0 aliphatic carbocycles. The van der Waals surface area contributed by atoms with E-state index < -0.39 is 0 Å². The van der Waals surface area contributed by atoms with Gasteiger partial charge in [0.05, 0.1) is 7.11 Å². The number of hydroxylamine groups is 2. The van der Waals surface area contributed by atoms with E-state index in [4.69, 9.17) is 9.57 Å². The van der Waals surface area contributed by atoms with Gasteiger partial charge >= 0.3 is 0 Å². The molecule has 3 aromatic carbocycles. The number of hydrogen-bond donors (Lipinski definition) is 0. The molecular formula is C22H23NO2. The summed E-state index contributed by atoms with van der Waals surface area (Å²) < 4.78 is 5.32. The third kappa shape index (κ3) is 2.65. The summed E-state index contributed by atoms with van der Waals surface area (Å²) in [5.41, 5.74) is 2.30. The zero-order chi connectivity index (χ0) is 17.6. The van der Waals surface area contributed by atoms with Gasteiger partial charge in [0.25, 0.3) is 0 Å². The van der Waals surface area contributed by atoms with Crippen LogP contribution < -0.4 is 9.57 Å². The molecule has 0 radical (unpaired) electrons. The minimum Gasteiger partial charge on any atom is -0.497 e. The molecule has 0 bridgehead atoms. The Balaban J connectivity index is 1.93. The van der Waals surface area contributed by atoms with Crippen LogP contribution >= 0.6 is 0 Å². The second-order valence-corrected chi connectivity index (χ2v) is 7.46. The molecule has 1 aliphatic rings. The molecular weight excluding hydrogens is 310 g/mol. The van der Waals surface area contributed by atoms with Crippen molar-refractivity contribution < 1.29 is 9.57 Å². The molecule has 0 spiro atoms. The van der Waals surface area contributed by atoms with Crippen molar-refractivity contribution in [1.82, 2.24) is 5.06 Å². The normalized spacial score (nSPS) is 17.4. The zero-order valence-corrected chi connectivity index (χ0v) is 15.1. The lowest BCUT2D eigenvalue weighted by atomic mass is 9.91. The summed E-state index contributed by atoms with van der Waals surface area (Å²) in [5.74, 6) is 1.80. The van der Waals surface area contributed by atoms with Gasteiger partial charge in [0.1, 0.15) is 11.8 Å². The summed E-state index contributed by atoms with van der Waals surface area (Å²) in [6.07, 6.45) is 0. The van der Waals surface area contributed by atoms with Crippen LogP contribution in [0.3, 0.4) is 0 Å². The van der Waals surface area contributed by atoms with E-state index >= 15 is 0 Å². The maximum absolute atomic E-state index is 6.31. The summed E-state index contributed by atoms with van der Waals surface area (Å²) in [7, 11) is 1.69. The molecule has 0 N–H and O–H groups in total. The Morgan fingerprint density at radius 2 is 1.64 bits per heavy atom. The predicted molar refractivity (Wildman–Crippen MR) is 101 cm³/mol. The van der Waals surface area contributed by atoms with Gasteiger partial charge in [-0.1, -0.05) is 42.5 Å². The van der Waals surface area contributed by atoms with Crippen LogP contribution in [0.5, 0.6) is 11.5 Å². The number of benzene rings is 3. The Morgan fingerprint density at radius 3 is 2.32 bits per heavy atom. The van der Waals surface area contributed by atoms with Crippen molar-refractivity contribution in [2.24, 2.45) is 0 Å². The second-order valence-electron chi connectivity index (χ2n) is 7.46. The third-order valence-electron chi connectivity index (χ3n) is 4.73. The summed E-state index contributed by atoms with van der Waals surface area (Å²) in [6.45, 7) is 6.53. The van der Waals surface area contributed by atoms with Gasteiger partial charge in [0, 0.05) is 11.1 Å². The summed E-state index contributed by atoms with van der Waals surface area (Å²) in [4.78, 5) is 6.31. The van der Waals surface area contributed by atoms with Crippen molar-refractivity contribution in [2.75, 3.05) is 7.11 Å². The van der Waals surface area contributed by atoms with Crippen molar-refractivity contribution in [3.63, 3.8) is 0 Å². The van der Waals surface area contributed by atoms with E-state index in [1.54, 1.807) is 7.11 Å². The Kier molecular flexibility index (Phi) is 3.69. The largest absolute Gasteiger partial charge is 0.497 e. The molecule has 25 heavy (non-hydrogen) atoms. The first-order valence-corrected chi connectivity index (χ1v) is 8.62. The molecule has 1 aliphatic heterocycles. The van der Waals surface area contributed by atoms with Crippen LogP contribution in [0, 0.1) is 0 Å². The van der Waals surface area contributed by atoms with Gasteiger partial charge in [-0.05, 0) is 55.3 Å². The van der Waals surface area contributed by atoms with Crippen LogP contribution in [-0.2, 0) is 0 Å². The first-order valence-electron chi connectivity index (χ1n) is 8.62. The fourth-order valence-electron chi connectivity index (χ4n) is 3.53. The van der Waals surface area contributed by atoms with Gasteiger partial charge in [-0.25, -0.2) is 0 Å². The standard InChI is InChI=1S/C22H23NO2/c1-22(2,3)23-21(16-9-12-17(24-4)13-10-16)20-18-8-6-5-7-15(18)11-14-19(20)25-23/h5-14,21H,1-4H3. The average Bonchev–Trinajstić information content (AvgIpc) is 3.02. The molecule has 128 valence electrons. The van der Waals surface area contributed by atoms with E-state index in [0.29, 0.717) is 0 Å². The van der Waals surface area contributed by atoms with Crippen molar-refractivity contribution in [2.45, 2.75) is 32.4 Å². The van der Waals surface area contributed by atoms with Gasteiger partial charge in [-0.15, -0.1) is 5.06 Å². The summed E-state index contributed by atoms with van der Waals surface area (Å²) in [6, 6.07) is 21.0. The van der Waals surface area contributed by atoms with Crippen LogP contribution in [0.25, 0.3) is 10.8 Å². The Bertz CT molecular complexity index is 909. The van der Waals surface area contributed by atoms with Crippen molar-refractivity contribution >= 4 is 10.8 Å². The fraction of sp³-hybridized carbons (Fsp3) is 0.273. The molecule has 0 saturated carbocycles. The highest BCUT2D eigenvalue weighted by molar-refractivity contribution is 5.89. The highest BCUT2D eigenvalue weighted by Crippen LogP contribution is 2.48. The highest BCUT2D eigenvalue weighted by atomic mass is 16.7. The van der Waals surface area contributed by atoms with E-state index in [0.717, 1.165) is 11.5 Å². The molecule has 4 rings (SSSR count). The topological polar surface area (TPSA) is 21.7 Å². The molecule has 0 fully saturated rings. The van der Waals surface area contributed by atoms with Gasteiger partial charge in [-0.3, -0.25) is 0 Å². The zero-order valence-electron chi connectivity index (χ0n) is 15.1. The number of rotatable bonds is 2. The van der Waals surface area contributed by atoms with E-state index in [1.165, 1.54) is 21.9 Å². The fourth-order valence-corrected chi connectivity index (χ4v) is 3.53. The van der Waals surface area contributed by atoms with Gasteiger partial charge in [-0.2, -0.15) is 0 Å². The van der Waals surface area contributed by atoms with Crippen molar-refractivity contribution in [3.8, 4) is 11.5 Å². The van der Waals surface area contributed by atoms with Crippen molar-refractivity contribution in [1.29, 1.82) is 0 Å². The maximum Gasteiger partial charge on any atom is 0.153 e. The molecule has 0 amide bonds. The van der Waals surface area contributed by atoms with Crippen molar-refractivity contribution in [3.05, 3.63) is 71.8 Å². The minimum absolute atomic E-state index is 0.0482. The molecule has 1 heterocycles. The van der Waals surface area contributed by atoms with E-state index in [1.807, 2.05) is 12.1 Å². The van der Waals surface area contributed by atoms with Crippen LogP contribution in [0.4, 0.5) is 0 Å². The first-order chi connectivity index (χ1) is 12.0. The van der Waals surface area contributed by atoms with E-state index in [2.05, 4.69) is 74.4 Å². The second kappa shape index (κ2) is 5.78. The van der Waals surface area contributed by atoms with Crippen LogP contribution in [0.2, 0.25) is 0 Å². The molecule has 0 saturated heterocycles. The average molecular weight is 333 g/mol. The summed E-state index contributed by atoms with van der Waals surface area (Å²) >= 11 is 0. The minimum atomic E-state index is -0.134. The molecule has 1 unspecified atom stereocenters. The monoisotopic (exact) mass is 333 g/mol. The number of nitrogens with zero attached hydrogens (tertiary/aromatic N) is 1. The third-order valence-corrected chi connectivity index (χ3v) is 4.73. The molecule has 0 aromatic heterocycles. The van der Waals surface area contributed by atoms with Crippen LogP contribution in [-0.4, -0.2) is 17.7 Å². The smallest absolute Gasteiger partial charge is 0.153 e. The lowest BCUT2D eigenvalue weighted by Crippen LogP contribution is -2.43. The summed E-state index contributed by atoms with van der Waals surface area (Å²) in [5, 5.41) is 4.58. The Morgan fingerprint density at radius 1 is 0.920 bits per heavy atom. The van der Waals surface area contributed by atoms with Crippen LogP contribution in [0.15, 0.2) is 60.7 Å². The number of ether oxygens (including phenoxy) is 1. The van der Waals surface area contributed by atoms with E-state index in [-0.39, 0.29) is 11.6 Å². The SMILES string of the molecule is COc1ccc(C2c3c(ccc4ccccc34)ON2C(C)(C)C)cc1. The van der Waals surface area contributed by atoms with Gasteiger partial charge < -0.3 is 9.57 Å². The predicted octanol–water partition coefficient (Wildman–Crippen LogP) is 5.35. The molecule has 3 nitrogen and oxygen atoms in total. The highest BCUT2D eigenvalue weighted by Gasteiger charge is 2.41. The Hall–Kier alpha value is -2.52. The Labute approximate surface area is 148 Å². The molecule has 1 atom stereocenters.